The molecule has 12 heavy (non-hydrogen) atoms. The van der Waals surface area contributed by atoms with E-state index < -0.39 is 0 Å². The number of hydrogen-bond acceptors (Lipinski definition) is 2. The molecule has 2 heterocycles. The summed E-state index contributed by atoms with van der Waals surface area (Å²) in [6, 6.07) is 0.922. The highest BCUT2D eigenvalue weighted by Crippen LogP contribution is 2.30. The Kier molecular flexibility index (Phi) is 2.66. The van der Waals surface area contributed by atoms with Crippen molar-refractivity contribution in [3.05, 3.63) is 0 Å². The second-order valence-corrected chi connectivity index (χ2v) is 4.21. The van der Waals surface area contributed by atoms with Gasteiger partial charge < -0.3 is 10.2 Å². The summed E-state index contributed by atoms with van der Waals surface area (Å²) < 4.78 is 0. The van der Waals surface area contributed by atoms with Crippen LogP contribution in [0.3, 0.4) is 0 Å². The predicted molar refractivity (Wildman–Crippen MR) is 51.2 cm³/mol. The molecule has 0 saturated carbocycles. The van der Waals surface area contributed by atoms with E-state index in [1.807, 2.05) is 0 Å². The summed E-state index contributed by atoms with van der Waals surface area (Å²) >= 11 is 0. The number of fused-ring (bicyclic) bond motifs is 1. The third-order valence-corrected chi connectivity index (χ3v) is 3.44. The van der Waals surface area contributed by atoms with Gasteiger partial charge in [0.15, 0.2) is 0 Å². The van der Waals surface area contributed by atoms with Gasteiger partial charge in [0.25, 0.3) is 0 Å². The normalized spacial score (nSPS) is 36.8. The highest BCUT2D eigenvalue weighted by molar-refractivity contribution is 4.89. The fourth-order valence-corrected chi connectivity index (χ4v) is 2.91. The molecular formula is C10H20N2. The van der Waals surface area contributed by atoms with Gasteiger partial charge in [-0.2, -0.15) is 0 Å². The fourth-order valence-electron chi connectivity index (χ4n) is 2.91. The standard InChI is InChI=1S/C10H20N2/c1-11-8-9-4-2-6-12-7-3-5-10(9)12/h9-11H,2-8H2,1H3. The van der Waals surface area contributed by atoms with E-state index in [0.717, 1.165) is 12.0 Å². The maximum Gasteiger partial charge on any atom is 0.0136 e. The monoisotopic (exact) mass is 168 g/mol. The van der Waals surface area contributed by atoms with Crippen LogP contribution < -0.4 is 5.32 Å². The Bertz CT molecular complexity index is 145. The molecule has 70 valence electrons. The topological polar surface area (TPSA) is 15.3 Å². The lowest BCUT2D eigenvalue weighted by Gasteiger charge is -2.36. The molecule has 0 bridgehead atoms. The van der Waals surface area contributed by atoms with Gasteiger partial charge in [-0.25, -0.2) is 0 Å². The molecular weight excluding hydrogens is 148 g/mol. The summed E-state index contributed by atoms with van der Waals surface area (Å²) in [6.45, 7) is 3.96. The first-order chi connectivity index (χ1) is 5.92. The predicted octanol–water partition coefficient (Wildman–Crippen LogP) is 1.08. The largest absolute Gasteiger partial charge is 0.319 e. The lowest BCUT2D eigenvalue weighted by molar-refractivity contribution is 0.133. The van der Waals surface area contributed by atoms with Crippen LogP contribution in [-0.4, -0.2) is 37.6 Å². The quantitative estimate of drug-likeness (QED) is 0.664. The Hall–Kier alpha value is -0.0800. The molecule has 2 fully saturated rings. The van der Waals surface area contributed by atoms with Crippen molar-refractivity contribution in [3.8, 4) is 0 Å². The summed E-state index contributed by atoms with van der Waals surface area (Å²) in [5.74, 6) is 0.936. The second kappa shape index (κ2) is 3.75. The van der Waals surface area contributed by atoms with Crippen LogP contribution in [0.15, 0.2) is 0 Å². The van der Waals surface area contributed by atoms with Crippen LogP contribution in [0, 0.1) is 5.92 Å². The van der Waals surface area contributed by atoms with Crippen molar-refractivity contribution in [2.24, 2.45) is 5.92 Å². The minimum atomic E-state index is 0.922. The molecule has 0 spiro atoms. The molecule has 2 nitrogen and oxygen atoms in total. The number of nitrogens with zero attached hydrogens (tertiary/aromatic N) is 1. The van der Waals surface area contributed by atoms with E-state index in [1.165, 1.54) is 45.3 Å². The smallest absolute Gasteiger partial charge is 0.0136 e. The van der Waals surface area contributed by atoms with Crippen molar-refractivity contribution < 1.29 is 0 Å². The van der Waals surface area contributed by atoms with Gasteiger partial charge in [-0.05, 0) is 58.3 Å². The number of piperidine rings is 1. The highest BCUT2D eigenvalue weighted by atomic mass is 15.2. The Morgan fingerprint density at radius 1 is 1.25 bits per heavy atom. The van der Waals surface area contributed by atoms with Crippen LogP contribution in [0.25, 0.3) is 0 Å². The Balaban J connectivity index is 1.94. The molecule has 2 unspecified atom stereocenters. The van der Waals surface area contributed by atoms with Crippen molar-refractivity contribution in [1.29, 1.82) is 0 Å². The van der Waals surface area contributed by atoms with E-state index in [2.05, 4.69) is 17.3 Å². The van der Waals surface area contributed by atoms with Crippen LogP contribution in [0.4, 0.5) is 0 Å². The molecule has 0 amide bonds. The molecule has 2 atom stereocenters. The third-order valence-electron chi connectivity index (χ3n) is 3.44. The summed E-state index contributed by atoms with van der Waals surface area (Å²) in [5.41, 5.74) is 0. The molecule has 0 aliphatic carbocycles. The molecule has 0 aromatic heterocycles. The molecule has 2 aliphatic rings. The number of hydrogen-bond donors (Lipinski definition) is 1. The van der Waals surface area contributed by atoms with Crippen molar-refractivity contribution >= 4 is 0 Å². The lowest BCUT2D eigenvalue weighted by atomic mass is 9.89. The molecule has 0 radical (unpaired) electrons. The van der Waals surface area contributed by atoms with E-state index >= 15 is 0 Å². The van der Waals surface area contributed by atoms with E-state index in [4.69, 9.17) is 0 Å². The third kappa shape index (κ3) is 1.50. The number of rotatable bonds is 2. The van der Waals surface area contributed by atoms with Gasteiger partial charge in [-0.3, -0.25) is 0 Å². The average Bonchev–Trinajstić information content (AvgIpc) is 2.53. The first kappa shape index (κ1) is 8.52. The van der Waals surface area contributed by atoms with Gasteiger partial charge in [-0.1, -0.05) is 0 Å². The van der Waals surface area contributed by atoms with Crippen LogP contribution >= 0.6 is 0 Å². The summed E-state index contributed by atoms with van der Waals surface area (Å²) in [6.07, 6.45) is 5.75. The zero-order chi connectivity index (χ0) is 8.39. The zero-order valence-electron chi connectivity index (χ0n) is 8.05. The lowest BCUT2D eigenvalue weighted by Crippen LogP contribution is -2.44. The van der Waals surface area contributed by atoms with E-state index in [0.29, 0.717) is 0 Å². The van der Waals surface area contributed by atoms with Gasteiger partial charge in [0.1, 0.15) is 0 Å². The summed E-state index contributed by atoms with van der Waals surface area (Å²) in [7, 11) is 2.08. The highest BCUT2D eigenvalue weighted by Gasteiger charge is 2.33. The molecule has 2 rings (SSSR count). The maximum absolute atomic E-state index is 3.32. The summed E-state index contributed by atoms with van der Waals surface area (Å²) in [4.78, 5) is 2.70. The summed E-state index contributed by atoms with van der Waals surface area (Å²) in [5, 5.41) is 3.32. The maximum atomic E-state index is 3.32. The minimum absolute atomic E-state index is 0.922. The van der Waals surface area contributed by atoms with Gasteiger partial charge in [-0.15, -0.1) is 0 Å². The molecule has 2 heteroatoms. The average molecular weight is 168 g/mol. The molecule has 0 aromatic rings. The Labute approximate surface area is 75.3 Å². The van der Waals surface area contributed by atoms with Gasteiger partial charge >= 0.3 is 0 Å². The van der Waals surface area contributed by atoms with Crippen molar-refractivity contribution in [3.63, 3.8) is 0 Å². The van der Waals surface area contributed by atoms with E-state index in [1.54, 1.807) is 0 Å². The van der Waals surface area contributed by atoms with Gasteiger partial charge in [0.05, 0.1) is 0 Å². The second-order valence-electron chi connectivity index (χ2n) is 4.21. The van der Waals surface area contributed by atoms with Crippen molar-refractivity contribution in [2.75, 3.05) is 26.7 Å². The SMILES string of the molecule is CNCC1CCCN2CCCC12. The van der Waals surface area contributed by atoms with Crippen LogP contribution in [-0.2, 0) is 0 Å². The van der Waals surface area contributed by atoms with E-state index in [9.17, 15) is 0 Å². The van der Waals surface area contributed by atoms with Crippen LogP contribution in [0.5, 0.6) is 0 Å². The minimum Gasteiger partial charge on any atom is -0.319 e. The van der Waals surface area contributed by atoms with Crippen molar-refractivity contribution in [1.82, 2.24) is 10.2 Å². The van der Waals surface area contributed by atoms with E-state index in [-0.39, 0.29) is 0 Å². The van der Waals surface area contributed by atoms with Crippen molar-refractivity contribution in [2.45, 2.75) is 31.7 Å². The molecule has 2 saturated heterocycles. The number of nitrogens with one attached hydrogen (secondary N) is 1. The first-order valence-electron chi connectivity index (χ1n) is 5.30. The van der Waals surface area contributed by atoms with Gasteiger partial charge in [0, 0.05) is 6.04 Å². The van der Waals surface area contributed by atoms with Gasteiger partial charge in [0.2, 0.25) is 0 Å². The Morgan fingerprint density at radius 3 is 2.75 bits per heavy atom. The zero-order valence-corrected chi connectivity index (χ0v) is 8.05. The molecule has 1 N–H and O–H groups in total. The fraction of sp³-hybridized carbons (Fsp3) is 1.00. The Morgan fingerprint density at radius 2 is 2.00 bits per heavy atom. The molecule has 0 aromatic carbocycles. The van der Waals surface area contributed by atoms with Crippen LogP contribution in [0.1, 0.15) is 25.7 Å². The van der Waals surface area contributed by atoms with Crippen LogP contribution in [0.2, 0.25) is 0 Å². The first-order valence-corrected chi connectivity index (χ1v) is 5.30. The molecule has 2 aliphatic heterocycles.